The monoisotopic (exact) mass is 211 g/mol. The highest BCUT2D eigenvalue weighted by atomic mass is 32.1. The summed E-state index contributed by atoms with van der Waals surface area (Å²) >= 11 is 1.73. The van der Waals surface area contributed by atoms with Crippen molar-refractivity contribution in [3.05, 3.63) is 17.0 Å². The van der Waals surface area contributed by atoms with Gasteiger partial charge in [-0.2, -0.15) is 0 Å². The minimum Gasteiger partial charge on any atom is -0.391 e. The number of aryl methyl sites for hydroxylation is 1. The number of rotatable bonds is 7. The van der Waals surface area contributed by atoms with Crippen LogP contribution < -0.4 is 5.73 Å². The van der Waals surface area contributed by atoms with Gasteiger partial charge >= 0.3 is 0 Å². The number of anilines is 1. The number of unbranched alkanes of at least 4 members (excludes halogenated alkanes) is 5. The second kappa shape index (κ2) is 6.88. The molecule has 0 spiro atoms. The van der Waals surface area contributed by atoms with Crippen molar-refractivity contribution < 1.29 is 0 Å². The van der Waals surface area contributed by atoms with Gasteiger partial charge in [0.2, 0.25) is 0 Å². The minimum atomic E-state index is 0.950. The summed E-state index contributed by atoms with van der Waals surface area (Å²) in [5, 5.41) is 0.950. The summed E-state index contributed by atoms with van der Waals surface area (Å²) in [7, 11) is 0. The van der Waals surface area contributed by atoms with E-state index in [9.17, 15) is 0 Å². The van der Waals surface area contributed by atoms with E-state index in [2.05, 4.69) is 13.0 Å². The van der Waals surface area contributed by atoms with Crippen LogP contribution in [0.1, 0.15) is 50.3 Å². The van der Waals surface area contributed by atoms with Crippen LogP contribution in [0.25, 0.3) is 0 Å². The molecule has 0 unspecified atom stereocenters. The van der Waals surface area contributed by atoms with Crippen molar-refractivity contribution in [1.82, 2.24) is 0 Å². The normalized spacial score (nSPS) is 10.6. The summed E-state index contributed by atoms with van der Waals surface area (Å²) in [6.07, 6.45) is 9.45. The number of hydrogen-bond acceptors (Lipinski definition) is 2. The molecule has 0 aliphatic heterocycles. The van der Waals surface area contributed by atoms with E-state index in [1.54, 1.807) is 11.3 Å². The Labute approximate surface area is 91.3 Å². The predicted molar refractivity (Wildman–Crippen MR) is 65.8 cm³/mol. The molecule has 0 fully saturated rings. The Hall–Kier alpha value is -0.500. The number of thiophene rings is 1. The van der Waals surface area contributed by atoms with Gasteiger partial charge in [0.1, 0.15) is 0 Å². The largest absolute Gasteiger partial charge is 0.391 e. The van der Waals surface area contributed by atoms with Gasteiger partial charge in [-0.15, -0.1) is 11.3 Å². The summed E-state index contributed by atoms with van der Waals surface area (Å²) in [6.45, 7) is 2.26. The molecule has 1 heterocycles. The van der Waals surface area contributed by atoms with E-state index in [0.29, 0.717) is 0 Å². The van der Waals surface area contributed by atoms with Crippen molar-refractivity contribution in [3.8, 4) is 0 Å². The first-order valence-corrected chi connectivity index (χ1v) is 6.48. The molecule has 80 valence electrons. The molecule has 0 atom stereocenters. The molecule has 0 radical (unpaired) electrons. The van der Waals surface area contributed by atoms with Gasteiger partial charge in [0.05, 0.1) is 5.00 Å². The molecule has 1 nitrogen and oxygen atoms in total. The summed E-state index contributed by atoms with van der Waals surface area (Å²) in [5.41, 5.74) is 5.67. The lowest BCUT2D eigenvalue weighted by Gasteiger charge is -1.98. The molecule has 0 saturated heterocycles. The Balaban J connectivity index is 1.99. The van der Waals surface area contributed by atoms with Gasteiger partial charge in [-0.25, -0.2) is 0 Å². The van der Waals surface area contributed by atoms with E-state index in [4.69, 9.17) is 5.73 Å². The van der Waals surface area contributed by atoms with Crippen molar-refractivity contribution >= 4 is 16.3 Å². The van der Waals surface area contributed by atoms with Crippen LogP contribution in [0.4, 0.5) is 5.00 Å². The third kappa shape index (κ3) is 4.66. The predicted octanol–water partition coefficient (Wildman–Crippen LogP) is 4.23. The van der Waals surface area contributed by atoms with Crippen molar-refractivity contribution in [3.63, 3.8) is 0 Å². The van der Waals surface area contributed by atoms with Gasteiger partial charge in [-0.05, 0) is 25.0 Å². The molecule has 0 saturated carbocycles. The molecule has 0 aliphatic carbocycles. The lowest BCUT2D eigenvalue weighted by Crippen LogP contribution is -1.82. The maximum absolute atomic E-state index is 5.67. The van der Waals surface area contributed by atoms with E-state index in [1.807, 2.05) is 6.07 Å². The van der Waals surface area contributed by atoms with Crippen LogP contribution in [0.3, 0.4) is 0 Å². The second-order valence-electron chi connectivity index (χ2n) is 3.82. The SMILES string of the molecule is CCCCCCCCc1ccc(N)s1. The van der Waals surface area contributed by atoms with Gasteiger partial charge in [0.25, 0.3) is 0 Å². The lowest BCUT2D eigenvalue weighted by atomic mass is 10.1. The highest BCUT2D eigenvalue weighted by Crippen LogP contribution is 2.20. The van der Waals surface area contributed by atoms with E-state index >= 15 is 0 Å². The highest BCUT2D eigenvalue weighted by Gasteiger charge is 1.96. The number of nitrogens with two attached hydrogens (primary N) is 1. The van der Waals surface area contributed by atoms with E-state index < -0.39 is 0 Å². The molecule has 14 heavy (non-hydrogen) atoms. The standard InChI is InChI=1S/C12H21NS/c1-2-3-4-5-6-7-8-11-9-10-12(13)14-11/h9-10H,2-8,13H2,1H3. The van der Waals surface area contributed by atoms with Gasteiger partial charge in [0, 0.05) is 4.88 Å². The molecule has 1 aromatic rings. The first kappa shape index (κ1) is 11.6. The van der Waals surface area contributed by atoms with Crippen molar-refractivity contribution in [2.75, 3.05) is 5.73 Å². The first-order chi connectivity index (χ1) is 6.83. The quantitative estimate of drug-likeness (QED) is 0.671. The Morgan fingerprint density at radius 2 is 1.79 bits per heavy atom. The van der Waals surface area contributed by atoms with Crippen molar-refractivity contribution in [2.24, 2.45) is 0 Å². The van der Waals surface area contributed by atoms with E-state index in [-0.39, 0.29) is 0 Å². The maximum atomic E-state index is 5.67. The zero-order valence-electron chi connectivity index (χ0n) is 9.09. The molecule has 2 N–H and O–H groups in total. The van der Waals surface area contributed by atoms with Crippen LogP contribution in [-0.2, 0) is 6.42 Å². The molecule has 0 aliphatic rings. The Bertz CT molecular complexity index is 242. The first-order valence-electron chi connectivity index (χ1n) is 5.67. The summed E-state index contributed by atoms with van der Waals surface area (Å²) in [4.78, 5) is 1.44. The fraction of sp³-hybridized carbons (Fsp3) is 0.667. The third-order valence-electron chi connectivity index (χ3n) is 2.46. The van der Waals surface area contributed by atoms with Crippen molar-refractivity contribution in [1.29, 1.82) is 0 Å². The summed E-state index contributed by atoms with van der Waals surface area (Å²) in [6, 6.07) is 4.17. The van der Waals surface area contributed by atoms with E-state index in [0.717, 1.165) is 5.00 Å². The van der Waals surface area contributed by atoms with Crippen LogP contribution in [0, 0.1) is 0 Å². The molecule has 0 amide bonds. The highest BCUT2D eigenvalue weighted by molar-refractivity contribution is 7.15. The van der Waals surface area contributed by atoms with Gasteiger partial charge < -0.3 is 5.73 Å². The van der Waals surface area contributed by atoms with Crippen LogP contribution >= 0.6 is 11.3 Å². The fourth-order valence-electron chi connectivity index (χ4n) is 1.61. The zero-order chi connectivity index (χ0) is 10.2. The molecule has 0 aromatic carbocycles. The molecule has 1 rings (SSSR count). The fourth-order valence-corrected chi connectivity index (χ4v) is 2.43. The van der Waals surface area contributed by atoms with Crippen LogP contribution in [-0.4, -0.2) is 0 Å². The Morgan fingerprint density at radius 1 is 1.07 bits per heavy atom. The summed E-state index contributed by atoms with van der Waals surface area (Å²) < 4.78 is 0. The van der Waals surface area contributed by atoms with Gasteiger partial charge in [-0.3, -0.25) is 0 Å². The second-order valence-corrected chi connectivity index (χ2v) is 5.02. The topological polar surface area (TPSA) is 26.0 Å². The van der Waals surface area contributed by atoms with Crippen molar-refractivity contribution in [2.45, 2.75) is 51.9 Å². The summed E-state index contributed by atoms with van der Waals surface area (Å²) in [5.74, 6) is 0. The van der Waals surface area contributed by atoms with Crippen LogP contribution in [0.2, 0.25) is 0 Å². The molecule has 2 heteroatoms. The maximum Gasteiger partial charge on any atom is 0.0859 e. The number of nitrogen functional groups attached to an aromatic ring is 1. The molecule has 1 aromatic heterocycles. The van der Waals surface area contributed by atoms with Gasteiger partial charge in [-0.1, -0.05) is 39.0 Å². The van der Waals surface area contributed by atoms with Gasteiger partial charge in [0.15, 0.2) is 0 Å². The minimum absolute atomic E-state index is 0.950. The lowest BCUT2D eigenvalue weighted by molar-refractivity contribution is 0.609. The zero-order valence-corrected chi connectivity index (χ0v) is 9.91. The molecular weight excluding hydrogens is 190 g/mol. The average Bonchev–Trinajstić information content (AvgIpc) is 2.58. The smallest absolute Gasteiger partial charge is 0.0859 e. The Morgan fingerprint density at radius 3 is 2.43 bits per heavy atom. The molecular formula is C12H21NS. The van der Waals surface area contributed by atoms with Crippen LogP contribution in [0.5, 0.6) is 0 Å². The average molecular weight is 211 g/mol. The Kier molecular flexibility index (Phi) is 5.69. The number of hydrogen-bond donors (Lipinski definition) is 1. The molecule has 0 bridgehead atoms. The van der Waals surface area contributed by atoms with E-state index in [1.165, 1.54) is 49.8 Å². The third-order valence-corrected chi connectivity index (χ3v) is 3.43. The van der Waals surface area contributed by atoms with Crippen LogP contribution in [0.15, 0.2) is 12.1 Å².